The lowest BCUT2D eigenvalue weighted by molar-refractivity contribution is 0.242. The minimum absolute atomic E-state index is 0.0631. The summed E-state index contributed by atoms with van der Waals surface area (Å²) in [4.78, 5) is 0. The second kappa shape index (κ2) is 5.20. The second-order valence-electron chi connectivity index (χ2n) is 5.42. The molecule has 0 unspecified atom stereocenters. The fraction of sp³-hybridized carbons (Fsp3) is 0.500. The van der Waals surface area contributed by atoms with Gasteiger partial charge in [0.2, 0.25) is 0 Å². The first-order valence-electron chi connectivity index (χ1n) is 5.72. The Morgan fingerprint density at radius 2 is 1.78 bits per heavy atom. The first-order valence-corrected chi connectivity index (χ1v) is 5.72. The lowest BCUT2D eigenvalue weighted by atomic mass is 9.80. The molecule has 0 amide bonds. The van der Waals surface area contributed by atoms with Gasteiger partial charge < -0.3 is 17.7 Å². The van der Waals surface area contributed by atoms with E-state index in [2.05, 4.69) is 0 Å². The first kappa shape index (κ1) is 14.9. The van der Waals surface area contributed by atoms with Crippen molar-refractivity contribution in [3.63, 3.8) is 0 Å². The summed E-state index contributed by atoms with van der Waals surface area (Å²) < 4.78 is 55.6. The van der Waals surface area contributed by atoms with E-state index in [1.54, 1.807) is 0 Å². The molecule has 0 aliphatic carbocycles. The quantitative estimate of drug-likeness (QED) is 0.594. The van der Waals surface area contributed by atoms with E-state index in [0.717, 1.165) is 24.6 Å². The van der Waals surface area contributed by atoms with Crippen LogP contribution in [0.5, 0.6) is 5.75 Å². The molecule has 18 heavy (non-hydrogen) atoms. The summed E-state index contributed by atoms with van der Waals surface area (Å²) in [6.45, 7) is 1.10. The first-order chi connectivity index (χ1) is 8.09. The lowest BCUT2D eigenvalue weighted by Gasteiger charge is -2.19. The molecule has 0 aliphatic heterocycles. The van der Waals surface area contributed by atoms with Gasteiger partial charge in [0.05, 0.1) is 12.4 Å². The Labute approximate surface area is 104 Å². The van der Waals surface area contributed by atoms with Crippen molar-refractivity contribution in [3.05, 3.63) is 24.0 Å². The molecular formula is C12H16BF4O-. The van der Waals surface area contributed by atoms with E-state index >= 15 is 0 Å². The van der Waals surface area contributed by atoms with Gasteiger partial charge in [0.15, 0.2) is 0 Å². The Bertz CT molecular complexity index is 410. The van der Waals surface area contributed by atoms with Crippen molar-refractivity contribution in [3.8, 4) is 5.75 Å². The summed E-state index contributed by atoms with van der Waals surface area (Å²) in [6, 6.07) is 2.66. The van der Waals surface area contributed by atoms with Crippen molar-refractivity contribution in [2.75, 3.05) is 6.61 Å². The van der Waals surface area contributed by atoms with Crippen LogP contribution in [0.1, 0.15) is 27.2 Å². The standard InChI is InChI=1S/C12H16BF4O/c1-12(2,3)6-7-18-9-4-5-10(11(14)8-9)13(15,16)17/h4-5,8H,6-7H2,1-3H3/q-1. The molecule has 0 N–H and O–H groups in total. The van der Waals surface area contributed by atoms with Gasteiger partial charge in [-0.2, -0.15) is 0 Å². The molecule has 1 aromatic rings. The largest absolute Gasteiger partial charge is 0.512 e. The molecule has 0 aromatic heterocycles. The molecule has 102 valence electrons. The molecule has 0 aliphatic rings. The SMILES string of the molecule is CC(C)(C)CCOc1ccc([B-](F)(F)F)c(F)c1. The fourth-order valence-corrected chi connectivity index (χ4v) is 1.34. The van der Waals surface area contributed by atoms with Gasteiger partial charge in [0.25, 0.3) is 0 Å². The Kier molecular flexibility index (Phi) is 4.30. The van der Waals surface area contributed by atoms with Crippen molar-refractivity contribution in [2.45, 2.75) is 27.2 Å². The van der Waals surface area contributed by atoms with Crippen LogP contribution in [0.2, 0.25) is 0 Å². The molecule has 1 aromatic carbocycles. The van der Waals surface area contributed by atoms with Gasteiger partial charge in [0, 0.05) is 6.07 Å². The van der Waals surface area contributed by atoms with Crippen LogP contribution in [0.4, 0.5) is 17.3 Å². The summed E-state index contributed by atoms with van der Waals surface area (Å²) >= 11 is 0. The summed E-state index contributed by atoms with van der Waals surface area (Å²) in [6.07, 6.45) is 0.736. The van der Waals surface area contributed by atoms with Gasteiger partial charge in [0.1, 0.15) is 5.75 Å². The van der Waals surface area contributed by atoms with Crippen molar-refractivity contribution < 1.29 is 22.1 Å². The third-order valence-electron chi connectivity index (χ3n) is 2.45. The average Bonchev–Trinajstić information content (AvgIpc) is 2.13. The lowest BCUT2D eigenvalue weighted by Crippen LogP contribution is -2.36. The second-order valence-corrected chi connectivity index (χ2v) is 5.42. The van der Waals surface area contributed by atoms with Crippen LogP contribution < -0.4 is 10.2 Å². The molecule has 6 heteroatoms. The van der Waals surface area contributed by atoms with Gasteiger partial charge in [-0.15, -0.1) is 0 Å². The van der Waals surface area contributed by atoms with Crippen molar-refractivity contribution in [1.82, 2.24) is 0 Å². The van der Waals surface area contributed by atoms with Crippen LogP contribution >= 0.6 is 0 Å². The number of rotatable bonds is 4. The monoisotopic (exact) mass is 263 g/mol. The van der Waals surface area contributed by atoms with Gasteiger partial charge in [-0.1, -0.05) is 32.3 Å². The van der Waals surface area contributed by atoms with E-state index in [4.69, 9.17) is 4.74 Å². The topological polar surface area (TPSA) is 9.23 Å². The molecule has 0 saturated heterocycles. The Morgan fingerprint density at radius 3 is 2.22 bits per heavy atom. The number of hydrogen-bond donors (Lipinski definition) is 0. The van der Waals surface area contributed by atoms with Crippen LogP contribution in [0, 0.1) is 11.2 Å². The maximum absolute atomic E-state index is 13.2. The van der Waals surface area contributed by atoms with Crippen molar-refractivity contribution >= 4 is 12.4 Å². The molecule has 0 radical (unpaired) electrons. The van der Waals surface area contributed by atoms with E-state index < -0.39 is 18.3 Å². The predicted octanol–water partition coefficient (Wildman–Crippen LogP) is 3.70. The molecule has 1 rings (SSSR count). The normalized spacial score (nSPS) is 12.6. The summed E-state index contributed by atoms with van der Waals surface area (Å²) in [5, 5.41) is 0. The van der Waals surface area contributed by atoms with E-state index in [-0.39, 0.29) is 11.2 Å². The Balaban J connectivity index is 2.68. The smallest absolute Gasteiger partial charge is 0.493 e. The fourth-order valence-electron chi connectivity index (χ4n) is 1.34. The van der Waals surface area contributed by atoms with Crippen LogP contribution in [-0.4, -0.2) is 13.6 Å². The van der Waals surface area contributed by atoms with Gasteiger partial charge in [-0.25, -0.2) is 4.39 Å². The number of ether oxygens (including phenoxy) is 1. The van der Waals surface area contributed by atoms with Crippen LogP contribution in [-0.2, 0) is 0 Å². The molecule has 0 heterocycles. The highest BCUT2D eigenvalue weighted by Crippen LogP contribution is 2.20. The molecule has 0 fully saturated rings. The van der Waals surface area contributed by atoms with Crippen LogP contribution in [0.3, 0.4) is 0 Å². The maximum Gasteiger partial charge on any atom is 0.512 e. The van der Waals surface area contributed by atoms with Gasteiger partial charge in [-0.05, 0) is 17.9 Å². The Hall–Kier alpha value is -1.20. The zero-order valence-electron chi connectivity index (χ0n) is 10.6. The highest BCUT2D eigenvalue weighted by atomic mass is 19.4. The number of hydrogen-bond acceptors (Lipinski definition) is 1. The minimum atomic E-state index is -5.31. The average molecular weight is 263 g/mol. The summed E-state index contributed by atoms with van der Waals surface area (Å²) in [7, 11) is 0. The Morgan fingerprint density at radius 1 is 1.17 bits per heavy atom. The van der Waals surface area contributed by atoms with Gasteiger partial charge >= 0.3 is 6.98 Å². The molecule has 1 nitrogen and oxygen atoms in total. The number of halogens is 4. The van der Waals surface area contributed by atoms with Crippen molar-refractivity contribution in [1.29, 1.82) is 0 Å². The van der Waals surface area contributed by atoms with E-state index in [0.29, 0.717) is 6.61 Å². The number of benzene rings is 1. The molecule has 0 saturated carbocycles. The molecule has 0 atom stereocenters. The zero-order valence-corrected chi connectivity index (χ0v) is 10.6. The van der Waals surface area contributed by atoms with E-state index in [9.17, 15) is 17.3 Å². The molecular weight excluding hydrogens is 247 g/mol. The maximum atomic E-state index is 13.2. The van der Waals surface area contributed by atoms with Crippen LogP contribution in [0.15, 0.2) is 18.2 Å². The molecule has 0 bridgehead atoms. The van der Waals surface area contributed by atoms with E-state index in [1.807, 2.05) is 20.8 Å². The highest BCUT2D eigenvalue weighted by molar-refractivity contribution is 6.73. The third kappa shape index (κ3) is 4.59. The van der Waals surface area contributed by atoms with Crippen molar-refractivity contribution in [2.24, 2.45) is 5.41 Å². The highest BCUT2D eigenvalue weighted by Gasteiger charge is 2.28. The summed E-state index contributed by atoms with van der Waals surface area (Å²) in [5.41, 5.74) is -1.15. The van der Waals surface area contributed by atoms with Gasteiger partial charge in [-0.3, -0.25) is 0 Å². The third-order valence-corrected chi connectivity index (χ3v) is 2.45. The molecule has 0 spiro atoms. The van der Waals surface area contributed by atoms with Crippen LogP contribution in [0.25, 0.3) is 0 Å². The zero-order chi connectivity index (χ0) is 14.0. The minimum Gasteiger partial charge on any atom is -0.493 e. The van der Waals surface area contributed by atoms with E-state index in [1.165, 1.54) is 0 Å². The predicted molar refractivity (Wildman–Crippen MR) is 64.7 cm³/mol. The summed E-state index contributed by atoms with van der Waals surface area (Å²) in [5.74, 6) is -1.16.